The maximum atomic E-state index is 13.0. The minimum absolute atomic E-state index is 0.00286. The molecule has 0 aliphatic heterocycles. The molecule has 29 heavy (non-hydrogen) atoms. The van der Waals surface area contributed by atoms with Gasteiger partial charge in [0.25, 0.3) is 15.9 Å². The number of nitrogens with zero attached hydrogens (tertiary/aromatic N) is 1. The van der Waals surface area contributed by atoms with Crippen molar-refractivity contribution in [2.24, 2.45) is 0 Å². The Bertz CT molecular complexity index is 1120. The van der Waals surface area contributed by atoms with Crippen LogP contribution in [0.5, 0.6) is 0 Å². The van der Waals surface area contributed by atoms with Crippen LogP contribution in [0.2, 0.25) is 0 Å². The molecule has 1 heterocycles. The Labute approximate surface area is 171 Å². The quantitative estimate of drug-likeness (QED) is 0.633. The van der Waals surface area contributed by atoms with Crippen molar-refractivity contribution >= 4 is 38.1 Å². The number of carbonyl (C=O) groups is 1. The number of nitrogens with one attached hydrogen (secondary N) is 2. The molecule has 6 nitrogen and oxygen atoms in total. The van der Waals surface area contributed by atoms with Crippen LogP contribution in [0.25, 0.3) is 0 Å². The fourth-order valence-corrected chi connectivity index (χ4v) is 5.20. The number of rotatable bonds is 5. The SMILES string of the molecule is O=C(Nc1nc2c(s1)CCCC2)c1ccc(S(=O)(=O)Nc2ccc(F)cc2)cc1. The minimum atomic E-state index is -3.84. The van der Waals surface area contributed by atoms with E-state index >= 15 is 0 Å². The molecule has 0 fully saturated rings. The van der Waals surface area contributed by atoms with Crippen molar-refractivity contribution < 1.29 is 17.6 Å². The first-order valence-electron chi connectivity index (χ1n) is 9.09. The Morgan fingerprint density at radius 2 is 1.69 bits per heavy atom. The standard InChI is InChI=1S/C20H18FN3O3S2/c21-14-7-9-15(10-8-14)24-29(26,27)16-11-5-13(6-12-16)19(25)23-20-22-17-3-1-2-4-18(17)28-20/h5-12,24H,1-4H2,(H,22,23,25). The van der Waals surface area contributed by atoms with Crippen LogP contribution in [0.4, 0.5) is 15.2 Å². The van der Waals surface area contributed by atoms with Crippen LogP contribution in [0.1, 0.15) is 33.8 Å². The van der Waals surface area contributed by atoms with Gasteiger partial charge in [-0.2, -0.15) is 0 Å². The van der Waals surface area contributed by atoms with E-state index in [4.69, 9.17) is 0 Å². The van der Waals surface area contributed by atoms with Gasteiger partial charge in [0.05, 0.1) is 10.6 Å². The van der Waals surface area contributed by atoms with E-state index in [1.807, 2.05) is 0 Å². The van der Waals surface area contributed by atoms with Crippen molar-refractivity contribution in [3.8, 4) is 0 Å². The molecule has 1 aliphatic rings. The monoisotopic (exact) mass is 431 g/mol. The van der Waals surface area contributed by atoms with Crippen LogP contribution in [0.3, 0.4) is 0 Å². The Hall–Kier alpha value is -2.78. The van der Waals surface area contributed by atoms with E-state index in [-0.39, 0.29) is 16.5 Å². The number of thiazole rings is 1. The number of anilines is 2. The molecular formula is C20H18FN3O3S2. The second kappa shape index (κ2) is 7.92. The van der Waals surface area contributed by atoms with Crippen molar-refractivity contribution in [3.63, 3.8) is 0 Å². The summed E-state index contributed by atoms with van der Waals surface area (Å²) in [6.07, 6.45) is 4.20. The summed E-state index contributed by atoms with van der Waals surface area (Å²) in [6.45, 7) is 0. The summed E-state index contributed by atoms with van der Waals surface area (Å²) in [5.41, 5.74) is 1.64. The van der Waals surface area contributed by atoms with Gasteiger partial charge in [-0.05, 0) is 74.2 Å². The third-order valence-corrected chi connectivity index (χ3v) is 7.06. The molecule has 150 valence electrons. The first kappa shape index (κ1) is 19.5. The number of benzene rings is 2. The molecule has 1 amide bonds. The predicted molar refractivity (Wildman–Crippen MR) is 110 cm³/mol. The molecule has 1 aliphatic carbocycles. The van der Waals surface area contributed by atoms with Crippen LogP contribution >= 0.6 is 11.3 Å². The molecule has 4 rings (SSSR count). The van der Waals surface area contributed by atoms with Crippen LogP contribution in [0, 0.1) is 5.82 Å². The Morgan fingerprint density at radius 1 is 1.00 bits per heavy atom. The molecular weight excluding hydrogens is 413 g/mol. The summed E-state index contributed by atoms with van der Waals surface area (Å²) >= 11 is 1.49. The largest absolute Gasteiger partial charge is 0.298 e. The first-order valence-corrected chi connectivity index (χ1v) is 11.4. The van der Waals surface area contributed by atoms with Gasteiger partial charge in [-0.25, -0.2) is 17.8 Å². The van der Waals surface area contributed by atoms with Gasteiger partial charge in [0.1, 0.15) is 5.82 Å². The molecule has 0 atom stereocenters. The van der Waals surface area contributed by atoms with E-state index in [1.165, 1.54) is 64.7 Å². The van der Waals surface area contributed by atoms with Crippen LogP contribution in [-0.2, 0) is 22.9 Å². The smallest absolute Gasteiger partial charge is 0.261 e. The van der Waals surface area contributed by atoms with Crippen LogP contribution < -0.4 is 10.0 Å². The molecule has 2 N–H and O–H groups in total. The molecule has 0 saturated heterocycles. The minimum Gasteiger partial charge on any atom is -0.298 e. The number of fused-ring (bicyclic) bond motifs is 1. The molecule has 0 radical (unpaired) electrons. The first-order chi connectivity index (χ1) is 13.9. The lowest BCUT2D eigenvalue weighted by Crippen LogP contribution is -2.14. The number of halogens is 1. The summed E-state index contributed by atoms with van der Waals surface area (Å²) in [6, 6.07) is 10.6. The molecule has 0 spiro atoms. The molecule has 0 bridgehead atoms. The maximum absolute atomic E-state index is 13.0. The van der Waals surface area contributed by atoms with Crippen molar-refractivity contribution in [3.05, 3.63) is 70.5 Å². The van der Waals surface area contributed by atoms with E-state index in [2.05, 4.69) is 15.0 Å². The lowest BCUT2D eigenvalue weighted by atomic mass is 10.0. The van der Waals surface area contributed by atoms with E-state index in [0.29, 0.717) is 10.7 Å². The summed E-state index contributed by atoms with van der Waals surface area (Å²) < 4.78 is 40.3. The molecule has 0 unspecified atom stereocenters. The van der Waals surface area contributed by atoms with Crippen molar-refractivity contribution in [1.29, 1.82) is 0 Å². The topological polar surface area (TPSA) is 88.2 Å². The summed E-state index contributed by atoms with van der Waals surface area (Å²) in [7, 11) is -3.84. The fraction of sp³-hybridized carbons (Fsp3) is 0.200. The molecule has 3 aromatic rings. The van der Waals surface area contributed by atoms with Gasteiger partial charge in [-0.3, -0.25) is 14.8 Å². The maximum Gasteiger partial charge on any atom is 0.261 e. The number of hydrogen-bond acceptors (Lipinski definition) is 5. The van der Waals surface area contributed by atoms with Crippen molar-refractivity contribution in [2.75, 3.05) is 10.0 Å². The van der Waals surface area contributed by atoms with Gasteiger partial charge in [0.2, 0.25) is 0 Å². The molecule has 9 heteroatoms. The summed E-state index contributed by atoms with van der Waals surface area (Å²) in [5, 5.41) is 3.35. The third-order valence-electron chi connectivity index (χ3n) is 4.59. The van der Waals surface area contributed by atoms with Gasteiger partial charge in [0.15, 0.2) is 5.13 Å². The molecule has 1 aromatic heterocycles. The van der Waals surface area contributed by atoms with Gasteiger partial charge in [-0.15, -0.1) is 11.3 Å². The van der Waals surface area contributed by atoms with Gasteiger partial charge < -0.3 is 0 Å². The Balaban J connectivity index is 1.45. The summed E-state index contributed by atoms with van der Waals surface area (Å²) in [4.78, 5) is 18.2. The number of aryl methyl sites for hydroxylation is 2. The highest BCUT2D eigenvalue weighted by Gasteiger charge is 2.18. The normalized spacial score (nSPS) is 13.6. The fourth-order valence-electron chi connectivity index (χ4n) is 3.09. The number of amides is 1. The third kappa shape index (κ3) is 4.46. The highest BCUT2D eigenvalue weighted by Crippen LogP contribution is 2.29. The second-order valence-corrected chi connectivity index (χ2v) is 9.45. The molecule has 0 saturated carbocycles. The lowest BCUT2D eigenvalue weighted by molar-refractivity contribution is 0.102. The van der Waals surface area contributed by atoms with E-state index in [1.54, 1.807) is 0 Å². The van der Waals surface area contributed by atoms with Crippen LogP contribution in [-0.4, -0.2) is 19.3 Å². The lowest BCUT2D eigenvalue weighted by Gasteiger charge is -2.09. The number of aromatic nitrogens is 1. The number of carbonyl (C=O) groups excluding carboxylic acids is 1. The van der Waals surface area contributed by atoms with Gasteiger partial charge in [-0.1, -0.05) is 0 Å². The van der Waals surface area contributed by atoms with E-state index < -0.39 is 15.8 Å². The van der Waals surface area contributed by atoms with Gasteiger partial charge >= 0.3 is 0 Å². The zero-order valence-corrected chi connectivity index (χ0v) is 16.9. The van der Waals surface area contributed by atoms with Crippen molar-refractivity contribution in [2.45, 2.75) is 30.6 Å². The van der Waals surface area contributed by atoms with Crippen LogP contribution in [0.15, 0.2) is 53.4 Å². The predicted octanol–water partition coefficient (Wildman–Crippen LogP) is 4.21. The molecule has 2 aromatic carbocycles. The average molecular weight is 432 g/mol. The zero-order chi connectivity index (χ0) is 20.4. The highest BCUT2D eigenvalue weighted by molar-refractivity contribution is 7.92. The Kier molecular flexibility index (Phi) is 5.33. The number of sulfonamides is 1. The Morgan fingerprint density at radius 3 is 2.38 bits per heavy atom. The highest BCUT2D eigenvalue weighted by atomic mass is 32.2. The van der Waals surface area contributed by atoms with E-state index in [0.717, 1.165) is 31.4 Å². The average Bonchev–Trinajstić information content (AvgIpc) is 3.12. The van der Waals surface area contributed by atoms with E-state index in [9.17, 15) is 17.6 Å². The summed E-state index contributed by atoms with van der Waals surface area (Å²) in [5.74, 6) is -0.795. The van der Waals surface area contributed by atoms with Crippen molar-refractivity contribution in [1.82, 2.24) is 4.98 Å². The zero-order valence-electron chi connectivity index (χ0n) is 15.3. The second-order valence-electron chi connectivity index (χ2n) is 6.69. The number of hydrogen-bond donors (Lipinski definition) is 2. The van der Waals surface area contributed by atoms with Gasteiger partial charge in [0, 0.05) is 16.1 Å².